The molecule has 1 atom stereocenters. The average Bonchev–Trinajstić information content (AvgIpc) is 1.87. The number of rotatable bonds is 6. The van der Waals surface area contributed by atoms with Gasteiger partial charge in [-0.2, -0.15) is 0 Å². The Morgan fingerprint density at radius 1 is 1.64 bits per heavy atom. The maximum Gasteiger partial charge on any atom is 0.219 e. The maximum atomic E-state index is 10.2. The smallest absolute Gasteiger partial charge is 0.219 e. The van der Waals surface area contributed by atoms with Crippen LogP contribution in [0.5, 0.6) is 0 Å². The van der Waals surface area contributed by atoms with Crippen molar-refractivity contribution >= 4 is 5.91 Å². The van der Waals surface area contributed by atoms with E-state index in [1.165, 1.54) is 0 Å². The monoisotopic (exact) mass is 161 g/mol. The van der Waals surface area contributed by atoms with Gasteiger partial charge in [0.2, 0.25) is 5.91 Å². The van der Waals surface area contributed by atoms with Crippen LogP contribution in [0.4, 0.5) is 0 Å². The number of carbonyl (C=O) groups is 1. The minimum Gasteiger partial charge on any atom is -0.382 e. The van der Waals surface area contributed by atoms with Gasteiger partial charge in [-0.25, -0.2) is 0 Å². The summed E-state index contributed by atoms with van der Waals surface area (Å²) in [5.41, 5.74) is 4.90. The van der Waals surface area contributed by atoms with Crippen molar-refractivity contribution < 1.29 is 14.3 Å². The van der Waals surface area contributed by atoms with Gasteiger partial charge in [0.1, 0.15) is 0 Å². The number of hydrogen-bond donors (Lipinski definition) is 1. The van der Waals surface area contributed by atoms with Gasteiger partial charge < -0.3 is 15.2 Å². The zero-order valence-corrected chi connectivity index (χ0v) is 7.00. The second kappa shape index (κ2) is 6.12. The summed E-state index contributed by atoms with van der Waals surface area (Å²) >= 11 is 0. The highest BCUT2D eigenvalue weighted by atomic mass is 16.5. The van der Waals surface area contributed by atoms with Crippen molar-refractivity contribution in [1.29, 1.82) is 0 Å². The number of carbonyl (C=O) groups excluding carboxylic acids is 1. The largest absolute Gasteiger partial charge is 0.382 e. The lowest BCUT2D eigenvalue weighted by molar-refractivity contribution is -0.119. The second-order valence-corrected chi connectivity index (χ2v) is 2.35. The van der Waals surface area contributed by atoms with E-state index < -0.39 is 0 Å². The van der Waals surface area contributed by atoms with Crippen molar-refractivity contribution in [2.45, 2.75) is 19.4 Å². The molecule has 2 N–H and O–H groups in total. The number of ether oxygens (including phenoxy) is 2. The fourth-order valence-corrected chi connectivity index (χ4v) is 0.644. The van der Waals surface area contributed by atoms with Crippen LogP contribution in [0.15, 0.2) is 0 Å². The first-order chi connectivity index (χ1) is 5.16. The molecule has 4 heteroatoms. The summed E-state index contributed by atoms with van der Waals surface area (Å²) < 4.78 is 9.99. The van der Waals surface area contributed by atoms with Crippen molar-refractivity contribution in [2.24, 2.45) is 5.73 Å². The zero-order valence-electron chi connectivity index (χ0n) is 7.00. The third-order valence-corrected chi connectivity index (χ3v) is 1.15. The lowest BCUT2D eigenvalue weighted by Crippen LogP contribution is -2.19. The molecule has 0 saturated heterocycles. The molecule has 0 aromatic heterocycles. The highest BCUT2D eigenvalue weighted by Gasteiger charge is 2.01. The van der Waals surface area contributed by atoms with Gasteiger partial charge in [-0.3, -0.25) is 4.79 Å². The Labute approximate surface area is 66.7 Å². The Hall–Kier alpha value is -0.610. The standard InChI is InChI=1S/C7H15NO3/c1-6(5-10-2)11-4-3-7(8)9/h6H,3-5H2,1-2H3,(H2,8,9). The summed E-state index contributed by atoms with van der Waals surface area (Å²) in [6.45, 7) is 2.79. The van der Waals surface area contributed by atoms with E-state index in [0.717, 1.165) is 0 Å². The Morgan fingerprint density at radius 2 is 2.27 bits per heavy atom. The number of primary amides is 1. The van der Waals surface area contributed by atoms with E-state index in [0.29, 0.717) is 13.2 Å². The lowest BCUT2D eigenvalue weighted by atomic mass is 10.4. The van der Waals surface area contributed by atoms with Crippen LogP contribution in [-0.4, -0.2) is 32.3 Å². The predicted octanol–water partition coefficient (Wildman–Crippen LogP) is -0.0867. The van der Waals surface area contributed by atoms with Crippen LogP contribution in [0.1, 0.15) is 13.3 Å². The normalized spacial score (nSPS) is 12.9. The fraction of sp³-hybridized carbons (Fsp3) is 0.857. The highest BCUT2D eigenvalue weighted by molar-refractivity contribution is 5.73. The molecule has 0 aromatic carbocycles. The predicted molar refractivity (Wildman–Crippen MR) is 41.1 cm³/mol. The molecule has 0 fully saturated rings. The molecular formula is C7H15NO3. The Bertz CT molecular complexity index is 116. The summed E-state index contributed by atoms with van der Waals surface area (Å²) in [4.78, 5) is 10.2. The van der Waals surface area contributed by atoms with Crippen LogP contribution in [0.3, 0.4) is 0 Å². The number of methoxy groups -OCH3 is 1. The first kappa shape index (κ1) is 10.4. The zero-order chi connectivity index (χ0) is 8.69. The van der Waals surface area contributed by atoms with Crippen LogP contribution < -0.4 is 5.73 Å². The molecule has 11 heavy (non-hydrogen) atoms. The Balaban J connectivity index is 3.16. The van der Waals surface area contributed by atoms with E-state index in [9.17, 15) is 4.79 Å². The number of nitrogens with two attached hydrogens (primary N) is 1. The van der Waals surface area contributed by atoms with E-state index in [-0.39, 0.29) is 18.4 Å². The topological polar surface area (TPSA) is 61.6 Å². The second-order valence-electron chi connectivity index (χ2n) is 2.35. The van der Waals surface area contributed by atoms with Crippen LogP contribution in [0, 0.1) is 0 Å². The number of hydrogen-bond acceptors (Lipinski definition) is 3. The van der Waals surface area contributed by atoms with E-state index in [1.54, 1.807) is 7.11 Å². The minimum absolute atomic E-state index is 0.0272. The van der Waals surface area contributed by atoms with Crippen molar-refractivity contribution in [3.8, 4) is 0 Å². The summed E-state index contributed by atoms with van der Waals surface area (Å²) in [6.07, 6.45) is 0.299. The van der Waals surface area contributed by atoms with E-state index in [1.807, 2.05) is 6.92 Å². The van der Waals surface area contributed by atoms with Crippen molar-refractivity contribution in [2.75, 3.05) is 20.3 Å². The molecule has 0 rings (SSSR count). The van der Waals surface area contributed by atoms with Gasteiger partial charge in [-0.05, 0) is 6.92 Å². The molecule has 0 aliphatic rings. The first-order valence-corrected chi connectivity index (χ1v) is 3.55. The average molecular weight is 161 g/mol. The van der Waals surface area contributed by atoms with Gasteiger partial charge in [0.05, 0.1) is 19.3 Å². The van der Waals surface area contributed by atoms with E-state index in [4.69, 9.17) is 15.2 Å². The first-order valence-electron chi connectivity index (χ1n) is 3.55. The van der Waals surface area contributed by atoms with Gasteiger partial charge >= 0.3 is 0 Å². The van der Waals surface area contributed by atoms with Crippen LogP contribution >= 0.6 is 0 Å². The van der Waals surface area contributed by atoms with Crippen LogP contribution in [-0.2, 0) is 14.3 Å². The molecule has 66 valence electrons. The van der Waals surface area contributed by atoms with Gasteiger partial charge in [0.25, 0.3) is 0 Å². The third-order valence-electron chi connectivity index (χ3n) is 1.15. The molecular weight excluding hydrogens is 146 g/mol. The third kappa shape index (κ3) is 7.29. The molecule has 1 unspecified atom stereocenters. The van der Waals surface area contributed by atoms with E-state index >= 15 is 0 Å². The maximum absolute atomic E-state index is 10.2. The molecule has 0 heterocycles. The van der Waals surface area contributed by atoms with Gasteiger partial charge in [0, 0.05) is 13.5 Å². The molecule has 0 aliphatic heterocycles. The van der Waals surface area contributed by atoms with Crippen LogP contribution in [0.2, 0.25) is 0 Å². The van der Waals surface area contributed by atoms with Gasteiger partial charge in [0.15, 0.2) is 0 Å². The van der Waals surface area contributed by atoms with Crippen molar-refractivity contribution in [3.05, 3.63) is 0 Å². The number of amides is 1. The van der Waals surface area contributed by atoms with Crippen LogP contribution in [0.25, 0.3) is 0 Å². The summed E-state index contributed by atoms with van der Waals surface area (Å²) in [5.74, 6) is -0.338. The summed E-state index contributed by atoms with van der Waals surface area (Å²) in [5, 5.41) is 0. The molecule has 0 spiro atoms. The molecule has 4 nitrogen and oxygen atoms in total. The quantitative estimate of drug-likeness (QED) is 0.592. The van der Waals surface area contributed by atoms with Crippen molar-refractivity contribution in [1.82, 2.24) is 0 Å². The molecule has 0 radical (unpaired) electrons. The molecule has 0 bridgehead atoms. The molecule has 1 amide bonds. The minimum atomic E-state index is -0.338. The lowest BCUT2D eigenvalue weighted by Gasteiger charge is -2.10. The Kier molecular flexibility index (Phi) is 5.78. The van der Waals surface area contributed by atoms with Gasteiger partial charge in [-0.15, -0.1) is 0 Å². The molecule has 0 aliphatic carbocycles. The fourth-order valence-electron chi connectivity index (χ4n) is 0.644. The van der Waals surface area contributed by atoms with E-state index in [2.05, 4.69) is 0 Å². The SMILES string of the molecule is COCC(C)OCCC(N)=O. The summed E-state index contributed by atoms with van der Waals surface area (Å²) in [7, 11) is 1.61. The highest BCUT2D eigenvalue weighted by Crippen LogP contribution is 1.91. The molecule has 0 saturated carbocycles. The van der Waals surface area contributed by atoms with Crippen molar-refractivity contribution in [3.63, 3.8) is 0 Å². The Morgan fingerprint density at radius 3 is 2.73 bits per heavy atom. The summed E-state index contributed by atoms with van der Waals surface area (Å²) in [6, 6.07) is 0. The van der Waals surface area contributed by atoms with Gasteiger partial charge in [-0.1, -0.05) is 0 Å². The molecule has 0 aromatic rings.